The fourth-order valence-corrected chi connectivity index (χ4v) is 3.12. The Hall–Kier alpha value is -2.55. The number of hydrogen-bond donors (Lipinski definition) is 0. The van der Waals surface area contributed by atoms with E-state index in [1.807, 2.05) is 0 Å². The molecular formula is C19H24F2N4O3. The zero-order valence-electron chi connectivity index (χ0n) is 16.0. The summed E-state index contributed by atoms with van der Waals surface area (Å²) in [5.74, 6) is 1.30. The Labute approximate surface area is 162 Å². The molecule has 0 unspecified atom stereocenters. The van der Waals surface area contributed by atoms with Gasteiger partial charge in [-0.1, -0.05) is 31.1 Å². The summed E-state index contributed by atoms with van der Waals surface area (Å²) in [4.78, 5) is 20.9. The molecule has 1 aromatic heterocycles. The average molecular weight is 394 g/mol. The van der Waals surface area contributed by atoms with Gasteiger partial charge < -0.3 is 14.2 Å². The number of carbonyl (C=O) groups excluding carboxylic acids is 1. The summed E-state index contributed by atoms with van der Waals surface area (Å²) in [7, 11) is 0. The molecule has 152 valence electrons. The summed E-state index contributed by atoms with van der Waals surface area (Å²) in [5, 5.41) is 3.99. The monoisotopic (exact) mass is 394 g/mol. The number of aromatic nitrogens is 2. The van der Waals surface area contributed by atoms with Crippen LogP contribution in [0.1, 0.15) is 35.9 Å². The lowest BCUT2D eigenvalue weighted by atomic mass is 10.1. The molecule has 1 saturated heterocycles. The maximum absolute atomic E-state index is 12.7. The second kappa shape index (κ2) is 9.09. The van der Waals surface area contributed by atoms with Gasteiger partial charge in [0.05, 0.1) is 12.1 Å². The minimum atomic E-state index is -2.97. The molecule has 0 atom stereocenters. The topological polar surface area (TPSA) is 71.7 Å². The van der Waals surface area contributed by atoms with Crippen molar-refractivity contribution >= 4 is 5.91 Å². The highest BCUT2D eigenvalue weighted by molar-refractivity contribution is 5.97. The molecule has 9 heteroatoms. The van der Waals surface area contributed by atoms with Crippen molar-refractivity contribution in [1.82, 2.24) is 19.9 Å². The molecule has 1 aliphatic heterocycles. The average Bonchev–Trinajstić information content (AvgIpc) is 3.08. The lowest BCUT2D eigenvalue weighted by Gasteiger charge is -2.34. The van der Waals surface area contributed by atoms with Crippen LogP contribution in [0, 0.1) is 5.92 Å². The fraction of sp³-hybridized carbons (Fsp3) is 0.526. The number of para-hydroxylation sites is 1. The smallest absolute Gasteiger partial charge is 0.387 e. The molecule has 28 heavy (non-hydrogen) atoms. The van der Waals surface area contributed by atoms with Gasteiger partial charge in [0, 0.05) is 32.6 Å². The highest BCUT2D eigenvalue weighted by atomic mass is 19.3. The standard InChI is InChI=1S/C19H24F2N4O3/c1-13(2)11-16-22-17(28-23-16)12-24-7-9-25(10-8-24)18(26)14-5-3-4-6-15(14)27-19(20)21/h3-6,13,19H,7-12H2,1-2H3. The lowest BCUT2D eigenvalue weighted by molar-refractivity contribution is -0.0503. The first-order chi connectivity index (χ1) is 13.4. The molecule has 0 bridgehead atoms. The van der Waals surface area contributed by atoms with Crippen molar-refractivity contribution in [2.24, 2.45) is 5.92 Å². The van der Waals surface area contributed by atoms with E-state index in [0.29, 0.717) is 50.4 Å². The summed E-state index contributed by atoms with van der Waals surface area (Å²) in [5.41, 5.74) is 0.145. The van der Waals surface area contributed by atoms with Gasteiger partial charge in [0.1, 0.15) is 5.75 Å². The number of piperazine rings is 1. The molecule has 0 radical (unpaired) electrons. The Kier molecular flexibility index (Phi) is 6.56. The van der Waals surface area contributed by atoms with E-state index in [1.54, 1.807) is 17.0 Å². The fourth-order valence-electron chi connectivity index (χ4n) is 3.12. The molecule has 0 saturated carbocycles. The summed E-state index contributed by atoms with van der Waals surface area (Å²) in [6, 6.07) is 6.07. The van der Waals surface area contributed by atoms with Gasteiger partial charge in [-0.05, 0) is 18.1 Å². The molecule has 3 rings (SSSR count). The van der Waals surface area contributed by atoms with Crippen LogP contribution < -0.4 is 4.74 Å². The van der Waals surface area contributed by atoms with Crippen molar-refractivity contribution in [3.05, 3.63) is 41.5 Å². The third kappa shape index (κ3) is 5.25. The van der Waals surface area contributed by atoms with Gasteiger partial charge in [0.25, 0.3) is 5.91 Å². The van der Waals surface area contributed by atoms with Gasteiger partial charge in [-0.25, -0.2) is 0 Å². The van der Waals surface area contributed by atoms with Crippen LogP contribution in [0.3, 0.4) is 0 Å². The van der Waals surface area contributed by atoms with Gasteiger partial charge in [0.15, 0.2) is 5.82 Å². The Balaban J connectivity index is 1.55. The summed E-state index contributed by atoms with van der Waals surface area (Å²) >= 11 is 0. The van der Waals surface area contributed by atoms with Gasteiger partial charge in [-0.3, -0.25) is 9.69 Å². The van der Waals surface area contributed by atoms with Gasteiger partial charge in [0.2, 0.25) is 5.89 Å². The number of halogens is 2. The first kappa shape index (κ1) is 20.2. The molecule has 7 nitrogen and oxygen atoms in total. The van der Waals surface area contributed by atoms with E-state index in [1.165, 1.54) is 12.1 Å². The van der Waals surface area contributed by atoms with Crippen LogP contribution in [0.5, 0.6) is 5.75 Å². The van der Waals surface area contributed by atoms with Crippen molar-refractivity contribution in [3.8, 4) is 5.75 Å². The van der Waals surface area contributed by atoms with Crippen LogP contribution in [-0.2, 0) is 13.0 Å². The zero-order valence-corrected chi connectivity index (χ0v) is 16.0. The molecule has 2 heterocycles. The van der Waals surface area contributed by atoms with E-state index in [9.17, 15) is 13.6 Å². The van der Waals surface area contributed by atoms with E-state index in [4.69, 9.17) is 4.52 Å². The van der Waals surface area contributed by atoms with E-state index in [2.05, 4.69) is 33.6 Å². The molecule has 0 N–H and O–H groups in total. The predicted molar refractivity (Wildman–Crippen MR) is 97.1 cm³/mol. The van der Waals surface area contributed by atoms with E-state index in [-0.39, 0.29) is 17.2 Å². The SMILES string of the molecule is CC(C)Cc1noc(CN2CCN(C(=O)c3ccccc3OC(F)F)CC2)n1. The number of rotatable bonds is 7. The highest BCUT2D eigenvalue weighted by Crippen LogP contribution is 2.22. The molecule has 2 aromatic rings. The van der Waals surface area contributed by atoms with E-state index >= 15 is 0 Å². The summed E-state index contributed by atoms with van der Waals surface area (Å²) in [6.45, 7) is 3.97. The highest BCUT2D eigenvalue weighted by Gasteiger charge is 2.26. The van der Waals surface area contributed by atoms with Crippen LogP contribution in [0.2, 0.25) is 0 Å². The number of carbonyl (C=O) groups is 1. The maximum atomic E-state index is 12.7. The first-order valence-corrected chi connectivity index (χ1v) is 9.29. The molecule has 1 amide bonds. The Morgan fingerprint density at radius 2 is 1.93 bits per heavy atom. The second-order valence-electron chi connectivity index (χ2n) is 7.15. The van der Waals surface area contributed by atoms with Crippen molar-refractivity contribution in [3.63, 3.8) is 0 Å². The lowest BCUT2D eigenvalue weighted by Crippen LogP contribution is -2.48. The summed E-state index contributed by atoms with van der Waals surface area (Å²) < 4.78 is 34.9. The van der Waals surface area contributed by atoms with Crippen molar-refractivity contribution < 1.29 is 22.8 Å². The maximum Gasteiger partial charge on any atom is 0.387 e. The predicted octanol–water partition coefficient (Wildman–Crippen LogP) is 2.83. The van der Waals surface area contributed by atoms with Crippen LogP contribution in [0.25, 0.3) is 0 Å². The normalized spacial score (nSPS) is 15.4. The minimum absolute atomic E-state index is 0.103. The number of hydrogen-bond acceptors (Lipinski definition) is 6. The Bertz CT molecular complexity index is 789. The first-order valence-electron chi connectivity index (χ1n) is 9.29. The van der Waals surface area contributed by atoms with Crippen LogP contribution in [0.15, 0.2) is 28.8 Å². The molecule has 0 spiro atoms. The molecule has 0 aliphatic carbocycles. The number of benzene rings is 1. The zero-order chi connectivity index (χ0) is 20.1. The van der Waals surface area contributed by atoms with Gasteiger partial charge in [-0.15, -0.1) is 0 Å². The largest absolute Gasteiger partial charge is 0.434 e. The third-order valence-corrected chi connectivity index (χ3v) is 4.45. The Morgan fingerprint density at radius 3 is 2.61 bits per heavy atom. The molecule has 1 aromatic carbocycles. The van der Waals surface area contributed by atoms with E-state index < -0.39 is 6.61 Å². The summed E-state index contributed by atoms with van der Waals surface area (Å²) in [6.07, 6.45) is 0.770. The van der Waals surface area contributed by atoms with Crippen molar-refractivity contribution in [2.45, 2.75) is 33.4 Å². The number of amides is 1. The second-order valence-corrected chi connectivity index (χ2v) is 7.15. The van der Waals surface area contributed by atoms with Crippen LogP contribution in [-0.4, -0.2) is 58.6 Å². The molecule has 1 fully saturated rings. The number of nitrogens with zero attached hydrogens (tertiary/aromatic N) is 4. The number of alkyl halides is 2. The Morgan fingerprint density at radius 1 is 1.21 bits per heavy atom. The molecule has 1 aliphatic rings. The van der Waals surface area contributed by atoms with Crippen LogP contribution in [0.4, 0.5) is 8.78 Å². The molecular weight excluding hydrogens is 370 g/mol. The third-order valence-electron chi connectivity index (χ3n) is 4.45. The van der Waals surface area contributed by atoms with Crippen molar-refractivity contribution in [2.75, 3.05) is 26.2 Å². The minimum Gasteiger partial charge on any atom is -0.434 e. The van der Waals surface area contributed by atoms with Gasteiger partial charge >= 0.3 is 6.61 Å². The number of ether oxygens (including phenoxy) is 1. The van der Waals surface area contributed by atoms with Crippen LogP contribution >= 0.6 is 0 Å². The van der Waals surface area contributed by atoms with E-state index in [0.717, 1.165) is 6.42 Å². The quantitative estimate of drug-likeness (QED) is 0.719. The van der Waals surface area contributed by atoms with Gasteiger partial charge in [-0.2, -0.15) is 13.8 Å². The van der Waals surface area contributed by atoms with Crippen molar-refractivity contribution in [1.29, 1.82) is 0 Å².